The summed E-state index contributed by atoms with van der Waals surface area (Å²) in [5, 5.41) is 0. The molecule has 0 spiro atoms. The first-order valence-electron chi connectivity index (χ1n) is 4.76. The minimum absolute atomic E-state index is 0.228. The molecule has 0 aromatic carbocycles. The van der Waals surface area contributed by atoms with Crippen LogP contribution in [0.15, 0.2) is 36.0 Å². The maximum absolute atomic E-state index is 11.2. The molecular weight excluding hydrogens is 188 g/mol. The fourth-order valence-electron chi connectivity index (χ4n) is 0.858. The third-order valence-corrected chi connectivity index (χ3v) is 1.69. The minimum Gasteiger partial charge on any atom is -0.466 e. The van der Waals surface area contributed by atoms with Crippen LogP contribution in [0.25, 0.3) is 0 Å². The largest absolute Gasteiger partial charge is 0.466 e. The molecule has 0 aliphatic heterocycles. The van der Waals surface area contributed by atoms with Gasteiger partial charge in [0.2, 0.25) is 0 Å². The molecule has 80 valence electrons. The first-order valence-corrected chi connectivity index (χ1v) is 4.76. The second kappa shape index (κ2) is 7.64. The highest BCUT2D eigenvalue weighted by Gasteiger charge is 2.02. The van der Waals surface area contributed by atoms with Crippen LogP contribution in [-0.2, 0) is 9.53 Å². The molecule has 0 aromatic heterocycles. The van der Waals surface area contributed by atoms with Gasteiger partial charge in [-0.15, -0.1) is 6.42 Å². The molecule has 0 amide bonds. The van der Waals surface area contributed by atoms with Gasteiger partial charge in [0.15, 0.2) is 0 Å². The van der Waals surface area contributed by atoms with E-state index in [9.17, 15) is 4.79 Å². The Bertz CT molecular complexity index is 327. The number of terminal acetylenes is 1. The summed E-state index contributed by atoms with van der Waals surface area (Å²) >= 11 is 0. The van der Waals surface area contributed by atoms with E-state index in [0.29, 0.717) is 6.61 Å². The summed E-state index contributed by atoms with van der Waals surface area (Å²) in [7, 11) is 0. The molecule has 0 rings (SSSR count). The number of esters is 1. The third-order valence-electron chi connectivity index (χ3n) is 1.69. The molecule has 0 aliphatic carbocycles. The maximum atomic E-state index is 11.2. The van der Waals surface area contributed by atoms with Crippen LogP contribution >= 0.6 is 0 Å². The predicted octanol–water partition coefficient (Wildman–Crippen LogP) is 2.63. The van der Waals surface area contributed by atoms with Crippen LogP contribution < -0.4 is 0 Å². The van der Waals surface area contributed by atoms with Crippen LogP contribution in [0.3, 0.4) is 0 Å². The van der Waals surface area contributed by atoms with Crippen molar-refractivity contribution in [2.45, 2.75) is 20.3 Å². The van der Waals surface area contributed by atoms with Crippen molar-refractivity contribution in [2.75, 3.05) is 6.61 Å². The SMILES string of the molecule is C#CC(C)=CC=C(C=C)CC(=O)OCC. The predicted molar refractivity (Wildman–Crippen MR) is 62.1 cm³/mol. The Labute approximate surface area is 91.3 Å². The highest BCUT2D eigenvalue weighted by atomic mass is 16.5. The van der Waals surface area contributed by atoms with Gasteiger partial charge in [0.05, 0.1) is 13.0 Å². The molecule has 0 heterocycles. The molecule has 0 radical (unpaired) electrons. The van der Waals surface area contributed by atoms with Gasteiger partial charge in [-0.1, -0.05) is 30.7 Å². The van der Waals surface area contributed by atoms with Crippen molar-refractivity contribution in [3.63, 3.8) is 0 Å². The van der Waals surface area contributed by atoms with Gasteiger partial charge in [0, 0.05) is 0 Å². The molecule has 0 aromatic rings. The van der Waals surface area contributed by atoms with Crippen molar-refractivity contribution < 1.29 is 9.53 Å². The lowest BCUT2D eigenvalue weighted by Gasteiger charge is -2.01. The standard InChI is InChI=1S/C13H16O2/c1-5-11(4)8-9-12(6-2)10-13(14)15-7-3/h1,6,8-9H,2,7,10H2,3-4H3. The van der Waals surface area contributed by atoms with Crippen molar-refractivity contribution in [1.29, 1.82) is 0 Å². The fraction of sp³-hybridized carbons (Fsp3) is 0.308. The monoisotopic (exact) mass is 204 g/mol. The normalized spacial score (nSPS) is 11.8. The van der Waals surface area contributed by atoms with Gasteiger partial charge >= 0.3 is 5.97 Å². The molecule has 0 atom stereocenters. The van der Waals surface area contributed by atoms with Crippen molar-refractivity contribution in [3.05, 3.63) is 36.0 Å². The Morgan fingerprint density at radius 1 is 1.53 bits per heavy atom. The molecular formula is C13H16O2. The number of hydrogen-bond acceptors (Lipinski definition) is 2. The van der Waals surface area contributed by atoms with E-state index < -0.39 is 0 Å². The number of carbonyl (C=O) groups is 1. The topological polar surface area (TPSA) is 26.3 Å². The number of carbonyl (C=O) groups excluding carboxylic acids is 1. The zero-order valence-electron chi connectivity index (χ0n) is 9.25. The summed E-state index contributed by atoms with van der Waals surface area (Å²) in [4.78, 5) is 11.2. The van der Waals surface area contributed by atoms with Crippen LogP contribution in [0.5, 0.6) is 0 Å². The van der Waals surface area contributed by atoms with E-state index in [1.165, 1.54) is 0 Å². The van der Waals surface area contributed by atoms with E-state index in [1.807, 2.05) is 6.92 Å². The molecule has 0 aliphatic rings. The van der Waals surface area contributed by atoms with E-state index >= 15 is 0 Å². The molecule has 0 unspecified atom stereocenters. The smallest absolute Gasteiger partial charge is 0.310 e. The third kappa shape index (κ3) is 6.34. The molecule has 2 nitrogen and oxygen atoms in total. The lowest BCUT2D eigenvalue weighted by molar-refractivity contribution is -0.142. The van der Waals surface area contributed by atoms with E-state index in [0.717, 1.165) is 11.1 Å². The van der Waals surface area contributed by atoms with Crippen molar-refractivity contribution in [3.8, 4) is 12.3 Å². The average molecular weight is 204 g/mol. The Kier molecular flexibility index (Phi) is 6.74. The maximum Gasteiger partial charge on any atom is 0.310 e. The van der Waals surface area contributed by atoms with Gasteiger partial charge < -0.3 is 4.74 Å². The molecule has 0 N–H and O–H groups in total. The van der Waals surface area contributed by atoms with Gasteiger partial charge in [0.25, 0.3) is 0 Å². The molecule has 0 fully saturated rings. The van der Waals surface area contributed by atoms with Crippen molar-refractivity contribution in [1.82, 2.24) is 0 Å². The highest BCUT2D eigenvalue weighted by molar-refractivity contribution is 5.73. The van der Waals surface area contributed by atoms with Gasteiger partial charge in [-0.25, -0.2) is 0 Å². The summed E-state index contributed by atoms with van der Waals surface area (Å²) in [6.07, 6.45) is 10.6. The lowest BCUT2D eigenvalue weighted by Crippen LogP contribution is -2.04. The Morgan fingerprint density at radius 3 is 2.67 bits per heavy atom. The van der Waals surface area contributed by atoms with Crippen LogP contribution in [0.2, 0.25) is 0 Å². The first-order chi connectivity index (χ1) is 7.13. The second-order valence-electron chi connectivity index (χ2n) is 2.92. The van der Waals surface area contributed by atoms with Gasteiger partial charge in [0.1, 0.15) is 0 Å². The number of rotatable bonds is 5. The van der Waals surface area contributed by atoms with E-state index in [2.05, 4.69) is 12.5 Å². The molecule has 15 heavy (non-hydrogen) atoms. The van der Waals surface area contributed by atoms with Crippen LogP contribution in [0.4, 0.5) is 0 Å². The second-order valence-corrected chi connectivity index (χ2v) is 2.92. The number of hydrogen-bond donors (Lipinski definition) is 0. The van der Waals surface area contributed by atoms with E-state index in [1.54, 1.807) is 25.2 Å². The van der Waals surface area contributed by atoms with Crippen LogP contribution in [0.1, 0.15) is 20.3 Å². The quantitative estimate of drug-likeness (QED) is 0.391. The van der Waals surface area contributed by atoms with E-state index in [-0.39, 0.29) is 12.4 Å². The molecule has 0 saturated heterocycles. The van der Waals surface area contributed by atoms with Crippen molar-refractivity contribution in [2.24, 2.45) is 0 Å². The number of ether oxygens (including phenoxy) is 1. The summed E-state index contributed by atoms with van der Waals surface area (Å²) in [6, 6.07) is 0. The summed E-state index contributed by atoms with van der Waals surface area (Å²) in [5.74, 6) is 2.23. The summed E-state index contributed by atoms with van der Waals surface area (Å²) < 4.78 is 4.82. The highest BCUT2D eigenvalue weighted by Crippen LogP contribution is 2.05. The molecule has 2 heteroatoms. The molecule has 0 saturated carbocycles. The summed E-state index contributed by atoms with van der Waals surface area (Å²) in [5.41, 5.74) is 1.60. The lowest BCUT2D eigenvalue weighted by atomic mass is 10.1. The Balaban J connectivity index is 4.45. The minimum atomic E-state index is -0.254. The van der Waals surface area contributed by atoms with Crippen LogP contribution in [0, 0.1) is 12.3 Å². The zero-order valence-corrected chi connectivity index (χ0v) is 9.25. The summed E-state index contributed by atoms with van der Waals surface area (Å²) in [6.45, 7) is 7.61. The Morgan fingerprint density at radius 2 is 2.20 bits per heavy atom. The van der Waals surface area contributed by atoms with Gasteiger partial charge in [-0.2, -0.15) is 0 Å². The fourth-order valence-corrected chi connectivity index (χ4v) is 0.858. The molecule has 0 bridgehead atoms. The first kappa shape index (κ1) is 13.2. The zero-order chi connectivity index (χ0) is 11.7. The average Bonchev–Trinajstić information content (AvgIpc) is 2.23. The van der Waals surface area contributed by atoms with Gasteiger partial charge in [-0.3, -0.25) is 4.79 Å². The van der Waals surface area contributed by atoms with Crippen molar-refractivity contribution >= 4 is 5.97 Å². The van der Waals surface area contributed by atoms with Crippen LogP contribution in [-0.4, -0.2) is 12.6 Å². The van der Waals surface area contributed by atoms with E-state index in [4.69, 9.17) is 11.2 Å². The Hall–Kier alpha value is -1.75. The number of allylic oxidation sites excluding steroid dienone is 4. The van der Waals surface area contributed by atoms with Gasteiger partial charge in [-0.05, 0) is 25.0 Å².